The molecule has 0 saturated carbocycles. The molecule has 0 aromatic carbocycles. The Kier molecular flexibility index (Phi) is 6.08. The SMILES string of the molecule is Cc1cc(=O)n(C[B-](F)(F)F)cc1[N+](=O)[O-].[K+]. The molecule has 5 nitrogen and oxygen atoms in total. The summed E-state index contributed by atoms with van der Waals surface area (Å²) >= 11 is 0. The summed E-state index contributed by atoms with van der Waals surface area (Å²) in [6.45, 7) is -3.91. The first-order chi connectivity index (χ1) is 7.20. The quantitative estimate of drug-likeness (QED) is 0.381. The molecule has 0 fully saturated rings. The second-order valence-corrected chi connectivity index (χ2v) is 3.30. The Bertz CT molecular complexity index is 488. The van der Waals surface area contributed by atoms with Crippen molar-refractivity contribution < 1.29 is 69.3 Å². The molecule has 0 saturated heterocycles. The molecule has 1 heterocycles. The van der Waals surface area contributed by atoms with Crippen LogP contribution in [0, 0.1) is 17.0 Å². The second-order valence-electron chi connectivity index (χ2n) is 3.30. The Morgan fingerprint density at radius 2 is 2.00 bits per heavy atom. The van der Waals surface area contributed by atoms with Crippen molar-refractivity contribution in [3.8, 4) is 0 Å². The van der Waals surface area contributed by atoms with Gasteiger partial charge in [-0.2, -0.15) is 0 Å². The van der Waals surface area contributed by atoms with Crippen molar-refractivity contribution in [2.45, 2.75) is 13.4 Å². The van der Waals surface area contributed by atoms with Gasteiger partial charge in [0.05, 0.1) is 11.1 Å². The first kappa shape index (κ1) is 16.8. The maximum Gasteiger partial charge on any atom is 1.00 e. The van der Waals surface area contributed by atoms with Crippen LogP contribution in [0.5, 0.6) is 0 Å². The minimum absolute atomic E-state index is 0. The summed E-state index contributed by atoms with van der Waals surface area (Å²) in [4.78, 5) is 20.8. The van der Waals surface area contributed by atoms with Gasteiger partial charge in [-0.1, -0.05) is 0 Å². The van der Waals surface area contributed by atoms with Crippen molar-refractivity contribution in [2.75, 3.05) is 0 Å². The fourth-order valence-electron chi connectivity index (χ4n) is 1.21. The van der Waals surface area contributed by atoms with E-state index in [2.05, 4.69) is 0 Å². The molecule has 0 N–H and O–H groups in total. The van der Waals surface area contributed by atoms with Gasteiger partial charge in [-0.3, -0.25) is 14.9 Å². The molecule has 88 valence electrons. The Morgan fingerprint density at radius 1 is 1.47 bits per heavy atom. The van der Waals surface area contributed by atoms with Gasteiger partial charge >= 0.3 is 58.4 Å². The van der Waals surface area contributed by atoms with Crippen LogP contribution in [-0.2, 0) is 6.44 Å². The zero-order chi connectivity index (χ0) is 12.5. The van der Waals surface area contributed by atoms with E-state index in [9.17, 15) is 27.9 Å². The van der Waals surface area contributed by atoms with Crippen LogP contribution in [0.1, 0.15) is 5.56 Å². The van der Waals surface area contributed by atoms with Crippen LogP contribution in [0.3, 0.4) is 0 Å². The van der Waals surface area contributed by atoms with Crippen LogP contribution in [0.2, 0.25) is 0 Å². The number of halogens is 3. The number of aryl methyl sites for hydroxylation is 1. The third-order valence-electron chi connectivity index (χ3n) is 1.91. The van der Waals surface area contributed by atoms with E-state index in [4.69, 9.17) is 0 Å². The molecule has 0 radical (unpaired) electrons. The van der Waals surface area contributed by atoms with Gasteiger partial charge in [-0.05, 0) is 13.4 Å². The maximum atomic E-state index is 12.1. The van der Waals surface area contributed by atoms with Crippen LogP contribution >= 0.6 is 0 Å². The molecule has 1 aromatic rings. The van der Waals surface area contributed by atoms with Crippen LogP contribution < -0.4 is 56.9 Å². The summed E-state index contributed by atoms with van der Waals surface area (Å²) in [6, 6.07) is 0.819. The maximum absolute atomic E-state index is 12.1. The van der Waals surface area contributed by atoms with Crippen molar-refractivity contribution >= 4 is 12.7 Å². The predicted octanol–water partition coefficient (Wildman–Crippen LogP) is -1.54. The number of pyridine rings is 1. The molecule has 0 spiro atoms. The van der Waals surface area contributed by atoms with Crippen molar-refractivity contribution in [1.29, 1.82) is 0 Å². The Morgan fingerprint density at radius 3 is 2.41 bits per heavy atom. The largest absolute Gasteiger partial charge is 1.00 e. The molecule has 1 rings (SSSR count). The van der Waals surface area contributed by atoms with Gasteiger partial charge in [-0.25, -0.2) is 0 Å². The molecule has 0 aliphatic heterocycles. The van der Waals surface area contributed by atoms with Gasteiger partial charge in [0.2, 0.25) is 5.56 Å². The third kappa shape index (κ3) is 4.92. The van der Waals surface area contributed by atoms with E-state index in [-0.39, 0.29) is 56.9 Å². The minimum Gasteiger partial charge on any atom is -0.448 e. The van der Waals surface area contributed by atoms with Gasteiger partial charge in [0, 0.05) is 11.6 Å². The van der Waals surface area contributed by atoms with E-state index in [0.717, 1.165) is 6.07 Å². The van der Waals surface area contributed by atoms with E-state index in [1.165, 1.54) is 6.92 Å². The van der Waals surface area contributed by atoms with Gasteiger partial charge in [0.15, 0.2) is 0 Å². The molecular formula is C7H7BF3KN2O3. The zero-order valence-electron chi connectivity index (χ0n) is 9.19. The Hall–Kier alpha value is -0.159. The number of hydrogen-bond acceptors (Lipinski definition) is 3. The van der Waals surface area contributed by atoms with E-state index in [1.807, 2.05) is 0 Å². The summed E-state index contributed by atoms with van der Waals surface area (Å²) in [5.41, 5.74) is -1.36. The smallest absolute Gasteiger partial charge is 0.448 e. The molecule has 0 bridgehead atoms. The Balaban J connectivity index is 0.00000256. The first-order valence-electron chi connectivity index (χ1n) is 4.27. The molecule has 0 unspecified atom stereocenters. The standard InChI is InChI=1S/C7H7BF3N2O3.K/c1-5-2-7(14)12(4-8(9,10)11)3-6(5)13(15)16;/h2-3H,4H2,1H3;/q-1;+1. The third-order valence-corrected chi connectivity index (χ3v) is 1.91. The molecule has 0 aliphatic carbocycles. The van der Waals surface area contributed by atoms with Crippen LogP contribution in [0.4, 0.5) is 18.6 Å². The first-order valence-corrected chi connectivity index (χ1v) is 4.27. The fourth-order valence-corrected chi connectivity index (χ4v) is 1.21. The summed E-state index contributed by atoms with van der Waals surface area (Å²) < 4.78 is 36.6. The summed E-state index contributed by atoms with van der Waals surface area (Å²) in [5, 5.41) is 10.5. The van der Waals surface area contributed by atoms with Crippen LogP contribution in [0.15, 0.2) is 17.1 Å². The van der Waals surface area contributed by atoms with Crippen LogP contribution in [0.25, 0.3) is 0 Å². The molecule has 0 atom stereocenters. The summed E-state index contributed by atoms with van der Waals surface area (Å²) in [7, 11) is 0. The van der Waals surface area contributed by atoms with Crippen molar-refractivity contribution in [2.24, 2.45) is 0 Å². The van der Waals surface area contributed by atoms with Gasteiger partial charge in [0.25, 0.3) is 5.69 Å². The van der Waals surface area contributed by atoms with Crippen molar-refractivity contribution in [1.82, 2.24) is 4.57 Å². The van der Waals surface area contributed by atoms with E-state index in [1.54, 1.807) is 0 Å². The number of hydrogen-bond donors (Lipinski definition) is 0. The number of nitrogens with zero attached hydrogens (tertiary/aromatic N) is 2. The number of nitro groups is 1. The summed E-state index contributed by atoms with van der Waals surface area (Å²) in [6.07, 6.45) is -0.854. The Labute approximate surface area is 137 Å². The summed E-state index contributed by atoms with van der Waals surface area (Å²) in [5.74, 6) is 0. The van der Waals surface area contributed by atoms with E-state index in [0.29, 0.717) is 10.8 Å². The minimum atomic E-state index is -5.21. The van der Waals surface area contributed by atoms with Crippen molar-refractivity contribution in [3.05, 3.63) is 38.3 Å². The van der Waals surface area contributed by atoms with E-state index < -0.39 is 29.6 Å². The van der Waals surface area contributed by atoms with Gasteiger partial charge in [-0.15, -0.1) is 0 Å². The van der Waals surface area contributed by atoms with Crippen molar-refractivity contribution in [3.63, 3.8) is 0 Å². The van der Waals surface area contributed by atoms with Gasteiger partial charge < -0.3 is 17.5 Å². The fraction of sp³-hybridized carbons (Fsp3) is 0.286. The molecular weight excluding hydrogens is 267 g/mol. The zero-order valence-corrected chi connectivity index (χ0v) is 12.3. The average molecular weight is 274 g/mol. The second kappa shape index (κ2) is 6.14. The molecule has 10 heteroatoms. The number of rotatable bonds is 3. The molecule has 1 aromatic heterocycles. The normalized spacial score (nSPS) is 10.8. The monoisotopic (exact) mass is 274 g/mol. The predicted molar refractivity (Wildman–Crippen MR) is 51.2 cm³/mol. The average Bonchev–Trinajstić information content (AvgIpc) is 2.07. The van der Waals surface area contributed by atoms with Crippen LogP contribution in [-0.4, -0.2) is 16.5 Å². The van der Waals surface area contributed by atoms with Gasteiger partial charge in [0.1, 0.15) is 0 Å². The topological polar surface area (TPSA) is 65.1 Å². The number of aromatic nitrogens is 1. The molecule has 0 aliphatic rings. The molecule has 17 heavy (non-hydrogen) atoms. The molecule has 0 amide bonds. The van der Waals surface area contributed by atoms with E-state index >= 15 is 0 Å².